The minimum absolute atomic E-state index is 0.0279. The first-order valence-corrected chi connectivity index (χ1v) is 6.60. The fourth-order valence-electron chi connectivity index (χ4n) is 2.98. The van der Waals surface area contributed by atoms with Crippen LogP contribution < -0.4 is 5.73 Å². The molecular formula is C16H18N2O. The Morgan fingerprint density at radius 2 is 2.00 bits per heavy atom. The zero-order chi connectivity index (χ0) is 13.8. The van der Waals surface area contributed by atoms with Crippen molar-refractivity contribution in [3.05, 3.63) is 35.0 Å². The molecule has 0 saturated heterocycles. The second-order valence-corrected chi connectivity index (χ2v) is 6.26. The summed E-state index contributed by atoms with van der Waals surface area (Å²) in [6.45, 7) is 6.23. The molecule has 1 heterocycles. The second kappa shape index (κ2) is 3.80. The molecule has 98 valence electrons. The van der Waals surface area contributed by atoms with Crippen molar-refractivity contribution in [2.24, 2.45) is 5.41 Å². The predicted molar refractivity (Wildman–Crippen MR) is 77.3 cm³/mol. The number of ketones is 1. The van der Waals surface area contributed by atoms with Crippen molar-refractivity contribution in [1.29, 1.82) is 0 Å². The van der Waals surface area contributed by atoms with E-state index in [4.69, 9.17) is 10.7 Å². The average Bonchev–Trinajstić information content (AvgIpc) is 2.28. The third-order valence-corrected chi connectivity index (χ3v) is 3.90. The zero-order valence-electron chi connectivity index (χ0n) is 11.6. The van der Waals surface area contributed by atoms with Crippen LogP contribution in [-0.4, -0.2) is 10.8 Å². The monoisotopic (exact) mass is 254 g/mol. The van der Waals surface area contributed by atoms with Gasteiger partial charge in [-0.2, -0.15) is 0 Å². The first kappa shape index (κ1) is 12.2. The maximum absolute atomic E-state index is 12.3. The molecule has 1 aromatic carbocycles. The van der Waals surface area contributed by atoms with Crippen LogP contribution in [0.2, 0.25) is 0 Å². The Morgan fingerprint density at radius 1 is 1.26 bits per heavy atom. The molecule has 0 saturated carbocycles. The van der Waals surface area contributed by atoms with Crippen LogP contribution in [0.25, 0.3) is 10.9 Å². The zero-order valence-corrected chi connectivity index (χ0v) is 11.6. The Hall–Kier alpha value is -1.90. The number of hydrogen-bond acceptors (Lipinski definition) is 3. The van der Waals surface area contributed by atoms with Crippen molar-refractivity contribution in [2.45, 2.75) is 33.6 Å². The average molecular weight is 254 g/mol. The Bertz CT molecular complexity index is 701. The quantitative estimate of drug-likeness (QED) is 0.785. The van der Waals surface area contributed by atoms with Gasteiger partial charge in [-0.3, -0.25) is 9.78 Å². The van der Waals surface area contributed by atoms with Crippen LogP contribution in [0.15, 0.2) is 18.2 Å². The van der Waals surface area contributed by atoms with Crippen LogP contribution in [0.1, 0.15) is 41.9 Å². The third-order valence-electron chi connectivity index (χ3n) is 3.90. The number of hydrogen-bond donors (Lipinski definition) is 1. The molecule has 3 nitrogen and oxygen atoms in total. The van der Waals surface area contributed by atoms with Gasteiger partial charge >= 0.3 is 0 Å². The van der Waals surface area contributed by atoms with Crippen LogP contribution in [0.4, 0.5) is 5.69 Å². The number of Topliss-reactive ketones (excluding diaryl/α,β-unsaturated/α-hetero) is 1. The number of para-hydroxylation sites is 1. The molecule has 0 radical (unpaired) electrons. The highest BCUT2D eigenvalue weighted by Gasteiger charge is 2.34. The van der Waals surface area contributed by atoms with Crippen LogP contribution in [0.5, 0.6) is 0 Å². The highest BCUT2D eigenvalue weighted by molar-refractivity contribution is 6.09. The third kappa shape index (κ3) is 1.81. The Kier molecular flexibility index (Phi) is 2.43. The number of carbonyl (C=O) groups is 1. The number of nitrogen functional groups attached to an aromatic ring is 1. The molecule has 2 N–H and O–H groups in total. The maximum atomic E-state index is 12.3. The molecule has 3 heteroatoms. The Balaban J connectivity index is 2.37. The highest BCUT2D eigenvalue weighted by Crippen LogP contribution is 2.38. The van der Waals surface area contributed by atoms with Crippen LogP contribution in [0, 0.1) is 12.3 Å². The van der Waals surface area contributed by atoms with Crippen LogP contribution in [-0.2, 0) is 6.42 Å². The van der Waals surface area contributed by atoms with Crippen molar-refractivity contribution in [3.8, 4) is 0 Å². The smallest absolute Gasteiger partial charge is 0.167 e. The van der Waals surface area contributed by atoms with Gasteiger partial charge in [-0.05, 0) is 24.3 Å². The van der Waals surface area contributed by atoms with E-state index < -0.39 is 0 Å². The van der Waals surface area contributed by atoms with E-state index in [9.17, 15) is 4.79 Å². The number of aryl methyl sites for hydroxylation is 1. The van der Waals surface area contributed by atoms with E-state index in [0.29, 0.717) is 17.7 Å². The van der Waals surface area contributed by atoms with E-state index in [2.05, 4.69) is 13.8 Å². The molecule has 0 amide bonds. The van der Waals surface area contributed by atoms with Gasteiger partial charge in [0.1, 0.15) is 0 Å². The summed E-state index contributed by atoms with van der Waals surface area (Å²) in [6, 6.07) is 5.92. The van der Waals surface area contributed by atoms with E-state index in [1.165, 1.54) is 0 Å². The van der Waals surface area contributed by atoms with Crippen molar-refractivity contribution in [2.75, 3.05) is 5.73 Å². The van der Waals surface area contributed by atoms with E-state index in [1.807, 2.05) is 25.1 Å². The van der Waals surface area contributed by atoms with Crippen LogP contribution >= 0.6 is 0 Å². The fourth-order valence-corrected chi connectivity index (χ4v) is 2.98. The number of benzene rings is 1. The highest BCUT2D eigenvalue weighted by atomic mass is 16.1. The summed E-state index contributed by atoms with van der Waals surface area (Å²) in [4.78, 5) is 17.1. The summed E-state index contributed by atoms with van der Waals surface area (Å²) in [5.41, 5.74) is 10.3. The molecule has 2 aromatic rings. The fraction of sp³-hybridized carbons (Fsp3) is 0.375. The molecule has 0 aliphatic heterocycles. The lowest BCUT2D eigenvalue weighted by atomic mass is 9.75. The lowest BCUT2D eigenvalue weighted by Gasteiger charge is -2.30. The molecule has 1 aliphatic carbocycles. The van der Waals surface area contributed by atoms with E-state index in [0.717, 1.165) is 28.6 Å². The number of nitrogens with two attached hydrogens (primary N) is 1. The number of aromatic nitrogens is 1. The number of nitrogens with zero attached hydrogens (tertiary/aromatic N) is 1. The topological polar surface area (TPSA) is 56.0 Å². The van der Waals surface area contributed by atoms with Gasteiger partial charge in [0.25, 0.3) is 0 Å². The van der Waals surface area contributed by atoms with Gasteiger partial charge in [0.15, 0.2) is 5.78 Å². The van der Waals surface area contributed by atoms with Crippen molar-refractivity contribution >= 4 is 22.4 Å². The van der Waals surface area contributed by atoms with Gasteiger partial charge in [0, 0.05) is 11.8 Å². The number of rotatable bonds is 0. The van der Waals surface area contributed by atoms with Gasteiger partial charge in [-0.1, -0.05) is 32.0 Å². The Labute approximate surface area is 112 Å². The molecular weight excluding hydrogens is 236 g/mol. The van der Waals surface area contributed by atoms with Crippen molar-refractivity contribution in [3.63, 3.8) is 0 Å². The first-order valence-electron chi connectivity index (χ1n) is 6.60. The van der Waals surface area contributed by atoms with Gasteiger partial charge < -0.3 is 5.73 Å². The predicted octanol–water partition coefficient (Wildman–Crippen LogP) is 3.28. The molecule has 1 aliphatic rings. The van der Waals surface area contributed by atoms with Gasteiger partial charge in [0.05, 0.1) is 22.5 Å². The minimum atomic E-state index is -0.0279. The summed E-state index contributed by atoms with van der Waals surface area (Å²) in [5, 5.41) is 0.895. The lowest BCUT2D eigenvalue weighted by Crippen LogP contribution is -2.29. The lowest BCUT2D eigenvalue weighted by molar-refractivity contribution is 0.0912. The second-order valence-electron chi connectivity index (χ2n) is 6.26. The standard InChI is InChI=1S/C16H18N2O/c1-9-5-4-6-10-14(17)13-11(18-15(9)10)7-16(2,3)8-12(13)19/h4-6H,7-8H2,1-3H3,(H2,17,18). The molecule has 3 rings (SSSR count). The van der Waals surface area contributed by atoms with Crippen LogP contribution in [0.3, 0.4) is 0 Å². The van der Waals surface area contributed by atoms with Gasteiger partial charge in [0.2, 0.25) is 0 Å². The molecule has 1 aromatic heterocycles. The molecule has 0 atom stereocenters. The van der Waals surface area contributed by atoms with Crippen molar-refractivity contribution in [1.82, 2.24) is 4.98 Å². The number of pyridine rings is 1. The largest absolute Gasteiger partial charge is 0.398 e. The van der Waals surface area contributed by atoms with E-state index >= 15 is 0 Å². The van der Waals surface area contributed by atoms with Gasteiger partial charge in [-0.15, -0.1) is 0 Å². The minimum Gasteiger partial charge on any atom is -0.398 e. The number of anilines is 1. The SMILES string of the molecule is Cc1cccc2c(N)c3c(nc12)CC(C)(C)CC3=O. The summed E-state index contributed by atoms with van der Waals surface area (Å²) < 4.78 is 0. The molecule has 0 spiro atoms. The molecule has 19 heavy (non-hydrogen) atoms. The summed E-state index contributed by atoms with van der Waals surface area (Å²) >= 11 is 0. The number of carbonyl (C=O) groups excluding carboxylic acids is 1. The van der Waals surface area contributed by atoms with Gasteiger partial charge in [-0.25, -0.2) is 0 Å². The summed E-state index contributed by atoms with van der Waals surface area (Å²) in [7, 11) is 0. The molecule has 0 fully saturated rings. The normalized spacial score (nSPS) is 17.5. The number of fused-ring (bicyclic) bond motifs is 2. The molecule has 0 bridgehead atoms. The summed E-state index contributed by atoms with van der Waals surface area (Å²) in [6.07, 6.45) is 1.35. The van der Waals surface area contributed by atoms with E-state index in [1.54, 1.807) is 0 Å². The molecule has 0 unspecified atom stereocenters. The van der Waals surface area contributed by atoms with E-state index in [-0.39, 0.29) is 11.2 Å². The maximum Gasteiger partial charge on any atom is 0.167 e. The Morgan fingerprint density at radius 3 is 2.74 bits per heavy atom. The van der Waals surface area contributed by atoms with Crippen molar-refractivity contribution < 1.29 is 4.79 Å². The first-order chi connectivity index (χ1) is 8.89. The summed E-state index contributed by atoms with van der Waals surface area (Å²) in [5.74, 6) is 0.125.